The van der Waals surface area contributed by atoms with E-state index < -0.39 is 5.82 Å². The van der Waals surface area contributed by atoms with Crippen molar-refractivity contribution in [2.45, 2.75) is 6.92 Å². The number of benzene rings is 1. The van der Waals surface area contributed by atoms with Crippen molar-refractivity contribution in [3.8, 4) is 11.6 Å². The van der Waals surface area contributed by atoms with Crippen LogP contribution in [0.25, 0.3) is 0 Å². The molecule has 0 bridgehead atoms. The first-order chi connectivity index (χ1) is 8.69. The fourth-order valence-electron chi connectivity index (χ4n) is 1.42. The van der Waals surface area contributed by atoms with E-state index in [9.17, 15) is 4.39 Å². The lowest BCUT2D eigenvalue weighted by Gasteiger charge is -2.08. The summed E-state index contributed by atoms with van der Waals surface area (Å²) in [5.74, 6) is 1.09. The van der Waals surface area contributed by atoms with Gasteiger partial charge in [-0.3, -0.25) is 0 Å². The van der Waals surface area contributed by atoms with Gasteiger partial charge in [0.15, 0.2) is 0 Å². The summed E-state index contributed by atoms with van der Waals surface area (Å²) < 4.78 is 18.4. The first-order valence-electron chi connectivity index (χ1n) is 5.53. The molecular weight excluding hydrogens is 255 g/mol. The van der Waals surface area contributed by atoms with Gasteiger partial charge < -0.3 is 10.1 Å². The zero-order chi connectivity index (χ0) is 13.0. The molecule has 0 fully saturated rings. The summed E-state index contributed by atoms with van der Waals surface area (Å²) in [6, 6.07) is 9.32. The van der Waals surface area contributed by atoms with E-state index in [-0.39, 0.29) is 5.02 Å². The predicted octanol–water partition coefficient (Wildman–Crippen LogP) is 4.10. The highest BCUT2D eigenvalue weighted by molar-refractivity contribution is 6.32. The van der Waals surface area contributed by atoms with Crippen molar-refractivity contribution >= 4 is 17.4 Å². The van der Waals surface area contributed by atoms with E-state index in [1.165, 1.54) is 18.2 Å². The Labute approximate surface area is 110 Å². The highest BCUT2D eigenvalue weighted by atomic mass is 35.5. The van der Waals surface area contributed by atoms with Crippen molar-refractivity contribution in [1.29, 1.82) is 0 Å². The number of rotatable bonds is 4. The molecule has 0 aliphatic rings. The molecule has 0 amide bonds. The molecule has 0 aliphatic carbocycles. The molecule has 0 atom stereocenters. The first kappa shape index (κ1) is 12.6. The van der Waals surface area contributed by atoms with Gasteiger partial charge in [0.05, 0.1) is 5.02 Å². The fraction of sp³-hybridized carbons (Fsp3) is 0.154. The molecule has 1 N–H and O–H groups in total. The van der Waals surface area contributed by atoms with Crippen LogP contribution >= 0.6 is 11.6 Å². The van der Waals surface area contributed by atoms with Crippen LogP contribution in [0, 0.1) is 5.82 Å². The highest BCUT2D eigenvalue weighted by Gasteiger charge is 2.05. The Bertz CT molecular complexity index is 548. The zero-order valence-electron chi connectivity index (χ0n) is 9.78. The molecule has 1 aromatic heterocycles. The third kappa shape index (κ3) is 3.11. The van der Waals surface area contributed by atoms with Crippen LogP contribution in [0.1, 0.15) is 6.92 Å². The Morgan fingerprint density at radius 3 is 2.89 bits per heavy atom. The number of pyridine rings is 1. The van der Waals surface area contributed by atoms with Crippen molar-refractivity contribution < 1.29 is 9.13 Å². The number of ether oxygens (including phenoxy) is 1. The number of nitrogens with one attached hydrogen (secondary N) is 1. The lowest BCUT2D eigenvalue weighted by molar-refractivity contribution is 0.462. The van der Waals surface area contributed by atoms with Gasteiger partial charge in [0, 0.05) is 12.6 Å². The fourth-order valence-corrected chi connectivity index (χ4v) is 1.63. The van der Waals surface area contributed by atoms with Crippen LogP contribution in [0.15, 0.2) is 36.4 Å². The molecule has 3 nitrogen and oxygen atoms in total. The van der Waals surface area contributed by atoms with E-state index in [1.54, 1.807) is 6.07 Å². The molecule has 0 unspecified atom stereocenters. The van der Waals surface area contributed by atoms with E-state index >= 15 is 0 Å². The summed E-state index contributed by atoms with van der Waals surface area (Å²) in [7, 11) is 0. The average Bonchev–Trinajstić information content (AvgIpc) is 2.34. The van der Waals surface area contributed by atoms with E-state index in [2.05, 4.69) is 10.3 Å². The van der Waals surface area contributed by atoms with Crippen molar-refractivity contribution in [3.63, 3.8) is 0 Å². The number of anilines is 1. The van der Waals surface area contributed by atoms with E-state index in [4.69, 9.17) is 16.3 Å². The number of aromatic nitrogens is 1. The molecule has 5 heteroatoms. The quantitative estimate of drug-likeness (QED) is 0.905. The van der Waals surface area contributed by atoms with Crippen LogP contribution in [0.3, 0.4) is 0 Å². The van der Waals surface area contributed by atoms with Gasteiger partial charge in [-0.25, -0.2) is 4.39 Å². The SMILES string of the molecule is CCNc1cccc(Oc2ccc(F)cc2Cl)n1. The molecular formula is C13H12ClFN2O. The van der Waals surface area contributed by atoms with Crippen molar-refractivity contribution in [2.75, 3.05) is 11.9 Å². The zero-order valence-corrected chi connectivity index (χ0v) is 10.5. The van der Waals surface area contributed by atoms with Gasteiger partial charge in [-0.2, -0.15) is 4.98 Å². The Morgan fingerprint density at radius 2 is 2.17 bits per heavy atom. The maximum absolute atomic E-state index is 12.9. The van der Waals surface area contributed by atoms with Crippen molar-refractivity contribution in [3.05, 3.63) is 47.2 Å². The highest BCUT2D eigenvalue weighted by Crippen LogP contribution is 2.29. The third-order valence-electron chi connectivity index (χ3n) is 2.19. The normalized spacial score (nSPS) is 10.2. The number of hydrogen-bond donors (Lipinski definition) is 1. The summed E-state index contributed by atoms with van der Waals surface area (Å²) in [5, 5.41) is 3.29. The van der Waals surface area contributed by atoms with Crippen LogP contribution in [-0.2, 0) is 0 Å². The second-order valence-corrected chi connectivity index (χ2v) is 3.98. The molecule has 0 radical (unpaired) electrons. The standard InChI is InChI=1S/C13H12ClFN2O/c1-2-16-12-4-3-5-13(17-12)18-11-7-6-9(15)8-10(11)14/h3-8H,2H2,1H3,(H,16,17). The maximum atomic E-state index is 12.9. The second kappa shape index (κ2) is 5.69. The van der Waals surface area contributed by atoms with E-state index in [1.807, 2.05) is 19.1 Å². The molecule has 2 rings (SSSR count). The van der Waals surface area contributed by atoms with Crippen LogP contribution in [-0.4, -0.2) is 11.5 Å². The second-order valence-electron chi connectivity index (χ2n) is 3.57. The number of nitrogens with zero attached hydrogens (tertiary/aromatic N) is 1. The van der Waals surface area contributed by atoms with E-state index in [0.717, 1.165) is 6.54 Å². The third-order valence-corrected chi connectivity index (χ3v) is 2.49. The Kier molecular flexibility index (Phi) is 3.99. The molecule has 0 spiro atoms. The maximum Gasteiger partial charge on any atom is 0.221 e. The van der Waals surface area contributed by atoms with Crippen molar-refractivity contribution in [2.24, 2.45) is 0 Å². The minimum Gasteiger partial charge on any atom is -0.437 e. The van der Waals surface area contributed by atoms with Crippen LogP contribution < -0.4 is 10.1 Å². The van der Waals surface area contributed by atoms with Gasteiger partial charge in [-0.15, -0.1) is 0 Å². The van der Waals surface area contributed by atoms with Gasteiger partial charge in [0.1, 0.15) is 17.4 Å². The molecule has 18 heavy (non-hydrogen) atoms. The van der Waals surface area contributed by atoms with E-state index in [0.29, 0.717) is 17.4 Å². The predicted molar refractivity (Wildman–Crippen MR) is 69.9 cm³/mol. The smallest absolute Gasteiger partial charge is 0.221 e. The lowest BCUT2D eigenvalue weighted by atomic mass is 10.3. The molecule has 0 aliphatic heterocycles. The molecule has 1 aromatic carbocycles. The van der Waals surface area contributed by atoms with Gasteiger partial charge in [0.25, 0.3) is 0 Å². The minimum atomic E-state index is -0.401. The molecule has 1 heterocycles. The summed E-state index contributed by atoms with van der Waals surface area (Å²) in [4.78, 5) is 4.24. The van der Waals surface area contributed by atoms with Crippen molar-refractivity contribution in [1.82, 2.24) is 4.98 Å². The first-order valence-corrected chi connectivity index (χ1v) is 5.90. The topological polar surface area (TPSA) is 34.1 Å². The molecule has 0 saturated carbocycles. The largest absolute Gasteiger partial charge is 0.437 e. The van der Waals surface area contributed by atoms with Gasteiger partial charge >= 0.3 is 0 Å². The lowest BCUT2D eigenvalue weighted by Crippen LogP contribution is -1.99. The monoisotopic (exact) mass is 266 g/mol. The molecule has 94 valence electrons. The number of halogens is 2. The Morgan fingerprint density at radius 1 is 1.33 bits per heavy atom. The Balaban J connectivity index is 2.20. The summed E-state index contributed by atoms with van der Waals surface area (Å²) >= 11 is 5.87. The summed E-state index contributed by atoms with van der Waals surface area (Å²) in [6.07, 6.45) is 0. The molecule has 2 aromatic rings. The van der Waals surface area contributed by atoms with Gasteiger partial charge in [-0.1, -0.05) is 17.7 Å². The summed E-state index contributed by atoms with van der Waals surface area (Å²) in [6.45, 7) is 2.75. The average molecular weight is 267 g/mol. The van der Waals surface area contributed by atoms with Gasteiger partial charge in [0.2, 0.25) is 5.88 Å². The minimum absolute atomic E-state index is 0.214. The van der Waals surface area contributed by atoms with Crippen LogP contribution in [0.4, 0.5) is 10.2 Å². The van der Waals surface area contributed by atoms with Gasteiger partial charge in [-0.05, 0) is 31.2 Å². The van der Waals surface area contributed by atoms with Crippen LogP contribution in [0.2, 0.25) is 5.02 Å². The summed E-state index contributed by atoms with van der Waals surface area (Å²) in [5.41, 5.74) is 0. The Hall–Kier alpha value is -1.81. The van der Waals surface area contributed by atoms with Crippen LogP contribution in [0.5, 0.6) is 11.6 Å². The number of hydrogen-bond acceptors (Lipinski definition) is 3. The molecule has 0 saturated heterocycles.